The van der Waals surface area contributed by atoms with Gasteiger partial charge in [0.15, 0.2) is 23.3 Å². The number of halogens is 3. The quantitative estimate of drug-likeness (QED) is 0.789. The van der Waals surface area contributed by atoms with Crippen molar-refractivity contribution in [3.05, 3.63) is 45.5 Å². The van der Waals surface area contributed by atoms with Gasteiger partial charge in [0.25, 0.3) is 0 Å². The third-order valence-electron chi connectivity index (χ3n) is 2.38. The van der Waals surface area contributed by atoms with Crippen LogP contribution in [0.2, 0.25) is 0 Å². The number of aromatic nitrogens is 1. The summed E-state index contributed by atoms with van der Waals surface area (Å²) in [6, 6.07) is 8.20. The molecule has 0 amide bonds. The molecule has 1 aromatic heterocycles. The summed E-state index contributed by atoms with van der Waals surface area (Å²) in [6.45, 7) is 2.33. The summed E-state index contributed by atoms with van der Waals surface area (Å²) >= 11 is 2.18. The molecule has 0 saturated heterocycles. The van der Waals surface area contributed by atoms with Crippen molar-refractivity contribution in [1.29, 1.82) is 0 Å². The molecule has 0 aliphatic rings. The lowest BCUT2D eigenvalue weighted by Gasteiger charge is -2.10. The van der Waals surface area contributed by atoms with Gasteiger partial charge in [0, 0.05) is 21.9 Å². The van der Waals surface area contributed by atoms with E-state index in [1.807, 2.05) is 19.1 Å². The molecule has 1 aromatic carbocycles. The van der Waals surface area contributed by atoms with E-state index in [2.05, 4.69) is 38.2 Å². The normalized spacial score (nSPS) is 10.3. The van der Waals surface area contributed by atoms with Crippen LogP contribution in [0.3, 0.4) is 0 Å². The minimum Gasteiger partial charge on any atom is -0.368 e. The fraction of sp³-hybridized carbons (Fsp3) is 0.154. The first-order chi connectivity index (χ1) is 9.10. The van der Waals surface area contributed by atoms with E-state index < -0.39 is 11.6 Å². The van der Waals surface area contributed by atoms with Gasteiger partial charge in [-0.25, -0.2) is 13.8 Å². The van der Waals surface area contributed by atoms with E-state index in [0.29, 0.717) is 12.2 Å². The van der Waals surface area contributed by atoms with Crippen LogP contribution in [0.1, 0.15) is 6.92 Å². The van der Waals surface area contributed by atoms with Crippen LogP contribution >= 0.6 is 22.6 Å². The molecule has 3 nitrogen and oxygen atoms in total. The smallest absolute Gasteiger partial charge is 0.169 e. The van der Waals surface area contributed by atoms with Crippen molar-refractivity contribution >= 4 is 39.9 Å². The average Bonchev–Trinajstić information content (AvgIpc) is 2.38. The second-order valence-electron chi connectivity index (χ2n) is 3.81. The fourth-order valence-electron chi connectivity index (χ4n) is 1.52. The topological polar surface area (TPSA) is 37.0 Å². The molecule has 0 atom stereocenters. The monoisotopic (exact) mass is 375 g/mol. The van der Waals surface area contributed by atoms with Gasteiger partial charge in [-0.05, 0) is 53.8 Å². The molecule has 0 aliphatic carbocycles. The predicted octanol–water partition coefficient (Wildman–Crippen LogP) is 4.14. The standard InChI is InChI=1S/C13H12F2IN3/c1-2-17-12-10(14)7-11(15)13(19-12)18-9-5-3-8(16)4-6-9/h3-7H,2H2,1H3,(H2,17,18,19). The van der Waals surface area contributed by atoms with Crippen LogP contribution in [0.15, 0.2) is 30.3 Å². The van der Waals surface area contributed by atoms with Gasteiger partial charge in [0.05, 0.1) is 0 Å². The van der Waals surface area contributed by atoms with Crippen molar-refractivity contribution in [2.75, 3.05) is 17.2 Å². The number of nitrogens with one attached hydrogen (secondary N) is 2. The summed E-state index contributed by atoms with van der Waals surface area (Å²) in [5.74, 6) is -1.39. The number of anilines is 3. The van der Waals surface area contributed by atoms with E-state index in [0.717, 1.165) is 9.64 Å². The van der Waals surface area contributed by atoms with Crippen molar-refractivity contribution in [3.8, 4) is 0 Å². The van der Waals surface area contributed by atoms with Crippen LogP contribution < -0.4 is 10.6 Å². The van der Waals surface area contributed by atoms with Gasteiger partial charge in [-0.2, -0.15) is 0 Å². The van der Waals surface area contributed by atoms with Crippen LogP contribution in [-0.2, 0) is 0 Å². The average molecular weight is 375 g/mol. The first-order valence-electron chi connectivity index (χ1n) is 5.72. The molecule has 2 N–H and O–H groups in total. The van der Waals surface area contributed by atoms with Gasteiger partial charge >= 0.3 is 0 Å². The highest BCUT2D eigenvalue weighted by Gasteiger charge is 2.11. The number of pyridine rings is 1. The van der Waals surface area contributed by atoms with Gasteiger partial charge < -0.3 is 10.6 Å². The molecule has 0 saturated carbocycles. The van der Waals surface area contributed by atoms with Gasteiger partial charge in [-0.3, -0.25) is 0 Å². The lowest BCUT2D eigenvalue weighted by Crippen LogP contribution is -2.06. The molecule has 1 heterocycles. The zero-order chi connectivity index (χ0) is 13.8. The Bertz CT molecular complexity index is 573. The number of hydrogen-bond acceptors (Lipinski definition) is 3. The first kappa shape index (κ1) is 14.0. The van der Waals surface area contributed by atoms with Gasteiger partial charge in [-0.1, -0.05) is 0 Å². The summed E-state index contributed by atoms with van der Waals surface area (Å²) in [7, 11) is 0. The van der Waals surface area contributed by atoms with Crippen molar-refractivity contribution in [3.63, 3.8) is 0 Å². The molecule has 6 heteroatoms. The lowest BCUT2D eigenvalue weighted by molar-refractivity contribution is 0.579. The van der Waals surface area contributed by atoms with E-state index in [1.54, 1.807) is 12.1 Å². The van der Waals surface area contributed by atoms with Crippen molar-refractivity contribution in [2.24, 2.45) is 0 Å². The third kappa shape index (κ3) is 3.52. The molecule has 19 heavy (non-hydrogen) atoms. The molecule has 0 aliphatic heterocycles. The summed E-state index contributed by atoms with van der Waals surface area (Å²) in [6.07, 6.45) is 0. The van der Waals surface area contributed by atoms with Crippen molar-refractivity contribution in [1.82, 2.24) is 4.98 Å². The molecule has 0 spiro atoms. The van der Waals surface area contributed by atoms with Crippen molar-refractivity contribution < 1.29 is 8.78 Å². The van der Waals surface area contributed by atoms with Crippen LogP contribution in [0, 0.1) is 15.2 Å². The van der Waals surface area contributed by atoms with E-state index in [1.165, 1.54) is 0 Å². The highest BCUT2D eigenvalue weighted by atomic mass is 127. The summed E-state index contributed by atoms with van der Waals surface area (Å²) in [4.78, 5) is 3.91. The van der Waals surface area contributed by atoms with E-state index in [-0.39, 0.29) is 11.6 Å². The Morgan fingerprint density at radius 1 is 1.11 bits per heavy atom. The Morgan fingerprint density at radius 2 is 1.74 bits per heavy atom. The SMILES string of the molecule is CCNc1nc(Nc2ccc(I)cc2)c(F)cc1F. The zero-order valence-corrected chi connectivity index (χ0v) is 12.3. The van der Waals surface area contributed by atoms with Crippen LogP contribution in [0.5, 0.6) is 0 Å². The van der Waals surface area contributed by atoms with E-state index >= 15 is 0 Å². The lowest BCUT2D eigenvalue weighted by atomic mass is 10.3. The summed E-state index contributed by atoms with van der Waals surface area (Å²) in [5.41, 5.74) is 0.695. The molecular formula is C13H12F2IN3. The van der Waals surface area contributed by atoms with Crippen LogP contribution in [0.4, 0.5) is 26.1 Å². The molecule has 2 aromatic rings. The van der Waals surface area contributed by atoms with Gasteiger partial charge in [0.2, 0.25) is 0 Å². The predicted molar refractivity (Wildman–Crippen MR) is 80.8 cm³/mol. The second-order valence-corrected chi connectivity index (χ2v) is 5.06. The molecule has 0 bridgehead atoms. The highest BCUT2D eigenvalue weighted by molar-refractivity contribution is 14.1. The Labute approximate surface area is 123 Å². The Balaban J connectivity index is 2.28. The maximum atomic E-state index is 13.6. The zero-order valence-electron chi connectivity index (χ0n) is 10.2. The fourth-order valence-corrected chi connectivity index (χ4v) is 1.88. The summed E-state index contributed by atoms with van der Waals surface area (Å²) < 4.78 is 28.1. The molecule has 100 valence electrons. The Hall–Kier alpha value is -1.44. The minimum absolute atomic E-state index is 0.00134. The maximum absolute atomic E-state index is 13.6. The maximum Gasteiger partial charge on any atom is 0.169 e. The molecule has 0 unspecified atom stereocenters. The number of nitrogens with zero attached hydrogens (tertiary/aromatic N) is 1. The number of benzene rings is 1. The van der Waals surface area contributed by atoms with Crippen molar-refractivity contribution in [2.45, 2.75) is 6.92 Å². The first-order valence-corrected chi connectivity index (χ1v) is 6.80. The summed E-state index contributed by atoms with van der Waals surface area (Å²) in [5, 5.41) is 5.57. The van der Waals surface area contributed by atoms with Crippen LogP contribution in [0.25, 0.3) is 0 Å². The minimum atomic E-state index is -0.724. The second kappa shape index (κ2) is 6.14. The largest absolute Gasteiger partial charge is 0.368 e. The molecule has 0 radical (unpaired) electrons. The van der Waals surface area contributed by atoms with Crippen LogP contribution in [-0.4, -0.2) is 11.5 Å². The number of hydrogen-bond donors (Lipinski definition) is 2. The van der Waals surface area contributed by atoms with Gasteiger partial charge in [0.1, 0.15) is 0 Å². The molecule has 0 fully saturated rings. The third-order valence-corrected chi connectivity index (χ3v) is 3.10. The van der Waals surface area contributed by atoms with E-state index in [4.69, 9.17) is 0 Å². The number of rotatable bonds is 4. The highest BCUT2D eigenvalue weighted by Crippen LogP contribution is 2.22. The Morgan fingerprint density at radius 3 is 2.37 bits per heavy atom. The molecular weight excluding hydrogens is 363 g/mol. The van der Waals surface area contributed by atoms with Gasteiger partial charge in [-0.15, -0.1) is 0 Å². The molecule has 2 rings (SSSR count). The Kier molecular flexibility index (Phi) is 4.52. The van der Waals surface area contributed by atoms with E-state index in [9.17, 15) is 8.78 Å².